The lowest BCUT2D eigenvalue weighted by Gasteiger charge is -2.14. The van der Waals surface area contributed by atoms with Crippen LogP contribution in [0.4, 0.5) is 0 Å². The minimum atomic E-state index is -3.23. The lowest BCUT2D eigenvalue weighted by Crippen LogP contribution is -2.31. The fraction of sp³-hybridized carbons (Fsp3) is 0.476. The van der Waals surface area contributed by atoms with Crippen molar-refractivity contribution in [1.29, 1.82) is 0 Å². The Kier molecular flexibility index (Phi) is 6.82. The number of rotatable bonds is 8. The van der Waals surface area contributed by atoms with E-state index in [4.69, 9.17) is 4.98 Å². The smallest absolute Gasteiger partial charge is 0.252 e. The van der Waals surface area contributed by atoms with Gasteiger partial charge in [-0.05, 0) is 46.2 Å². The molecule has 3 aromatic rings. The fourth-order valence-corrected chi connectivity index (χ4v) is 4.77. The molecule has 0 bridgehead atoms. The summed E-state index contributed by atoms with van der Waals surface area (Å²) in [6.45, 7) is 8.87. The van der Waals surface area contributed by atoms with Crippen molar-refractivity contribution in [3.8, 4) is 11.3 Å². The van der Waals surface area contributed by atoms with E-state index in [1.807, 2.05) is 24.6 Å². The first-order chi connectivity index (χ1) is 14.5. The van der Waals surface area contributed by atoms with Gasteiger partial charge in [-0.15, -0.1) is 11.3 Å². The highest BCUT2D eigenvalue weighted by atomic mass is 32.2. The summed E-state index contributed by atoms with van der Waals surface area (Å²) in [5, 5.41) is 8.06. The largest absolute Gasteiger partial charge is 0.352 e. The van der Waals surface area contributed by atoms with Crippen molar-refractivity contribution in [2.24, 2.45) is 0 Å². The third-order valence-corrected chi connectivity index (χ3v) is 7.40. The Hall–Kier alpha value is -2.30. The number of aryl methyl sites for hydroxylation is 2. The van der Waals surface area contributed by atoms with Gasteiger partial charge in [0.2, 0.25) is 10.0 Å². The van der Waals surface area contributed by atoms with Crippen LogP contribution in [-0.2, 0) is 10.0 Å². The molecule has 0 saturated heterocycles. The number of thiophene rings is 1. The van der Waals surface area contributed by atoms with Crippen molar-refractivity contribution in [2.75, 3.05) is 26.4 Å². The van der Waals surface area contributed by atoms with Crippen LogP contribution in [0.2, 0.25) is 0 Å². The normalized spacial score (nSPS) is 12.3. The van der Waals surface area contributed by atoms with E-state index in [9.17, 15) is 13.2 Å². The molecular formula is C21H29N5O3S2. The van der Waals surface area contributed by atoms with Crippen molar-refractivity contribution in [1.82, 2.24) is 24.4 Å². The summed E-state index contributed by atoms with van der Waals surface area (Å²) in [6.07, 6.45) is 3.37. The average Bonchev–Trinajstić information content (AvgIpc) is 3.25. The lowest BCUT2D eigenvalue weighted by molar-refractivity contribution is 0.0954. The minimum absolute atomic E-state index is 0.105. The van der Waals surface area contributed by atoms with Crippen LogP contribution in [0.5, 0.6) is 0 Å². The van der Waals surface area contributed by atoms with Crippen molar-refractivity contribution in [2.45, 2.75) is 40.2 Å². The minimum Gasteiger partial charge on any atom is -0.352 e. The van der Waals surface area contributed by atoms with E-state index in [0.717, 1.165) is 16.1 Å². The molecule has 0 spiro atoms. The molecule has 10 heteroatoms. The van der Waals surface area contributed by atoms with Crippen LogP contribution < -0.4 is 5.32 Å². The van der Waals surface area contributed by atoms with Crippen LogP contribution in [0.25, 0.3) is 22.3 Å². The lowest BCUT2D eigenvalue weighted by atomic mass is 10.1. The van der Waals surface area contributed by atoms with E-state index in [2.05, 4.69) is 30.3 Å². The second-order valence-electron chi connectivity index (χ2n) is 8.00. The molecule has 3 aromatic heterocycles. The number of nitrogens with zero attached hydrogens (tertiary/aromatic N) is 4. The van der Waals surface area contributed by atoms with Gasteiger partial charge in [0.05, 0.1) is 29.1 Å². The maximum atomic E-state index is 13.0. The highest BCUT2D eigenvalue weighted by molar-refractivity contribution is 7.88. The fourth-order valence-electron chi connectivity index (χ4n) is 3.37. The summed E-state index contributed by atoms with van der Waals surface area (Å²) in [4.78, 5) is 20.2. The number of sulfonamides is 1. The average molecular weight is 464 g/mol. The van der Waals surface area contributed by atoms with Crippen LogP contribution in [0, 0.1) is 13.8 Å². The highest BCUT2D eigenvalue weighted by Gasteiger charge is 2.20. The highest BCUT2D eigenvalue weighted by Crippen LogP contribution is 2.32. The number of pyridine rings is 1. The molecule has 31 heavy (non-hydrogen) atoms. The van der Waals surface area contributed by atoms with E-state index in [1.54, 1.807) is 17.5 Å². The van der Waals surface area contributed by atoms with Gasteiger partial charge in [0.1, 0.15) is 0 Å². The number of aromatic nitrogens is 3. The van der Waals surface area contributed by atoms with Gasteiger partial charge in [-0.3, -0.25) is 4.79 Å². The Morgan fingerprint density at radius 2 is 2.00 bits per heavy atom. The van der Waals surface area contributed by atoms with Crippen LogP contribution in [0.3, 0.4) is 0 Å². The molecule has 0 aromatic carbocycles. The molecule has 0 atom stereocenters. The number of carbonyl (C=O) groups excluding carboxylic acids is 1. The van der Waals surface area contributed by atoms with Gasteiger partial charge in [-0.1, -0.05) is 0 Å². The van der Waals surface area contributed by atoms with E-state index >= 15 is 0 Å². The summed E-state index contributed by atoms with van der Waals surface area (Å²) in [6, 6.07) is 4.02. The number of hydrogen-bond acceptors (Lipinski definition) is 6. The van der Waals surface area contributed by atoms with Gasteiger partial charge in [0.15, 0.2) is 5.65 Å². The number of fused-ring (bicyclic) bond motifs is 1. The van der Waals surface area contributed by atoms with Gasteiger partial charge in [0, 0.05) is 41.5 Å². The van der Waals surface area contributed by atoms with E-state index in [-0.39, 0.29) is 11.9 Å². The zero-order valence-electron chi connectivity index (χ0n) is 18.8. The van der Waals surface area contributed by atoms with Gasteiger partial charge < -0.3 is 5.32 Å². The molecule has 0 unspecified atom stereocenters. The summed E-state index contributed by atoms with van der Waals surface area (Å²) < 4.78 is 26.1. The molecule has 3 rings (SSSR count). The molecule has 1 N–H and O–H groups in total. The van der Waals surface area contributed by atoms with Gasteiger partial charge in [0.25, 0.3) is 5.91 Å². The SMILES string of the molecule is Cc1cc(-c2cc(C(=O)NCCCN(C)S(C)(=O)=O)c3cnn(C(C)C)c3n2)c(C)s1. The predicted octanol–water partition coefficient (Wildman–Crippen LogP) is 3.37. The molecule has 0 aliphatic heterocycles. The monoisotopic (exact) mass is 463 g/mol. The summed E-state index contributed by atoms with van der Waals surface area (Å²) in [7, 11) is -1.70. The molecule has 0 aliphatic carbocycles. The first-order valence-electron chi connectivity index (χ1n) is 10.1. The summed E-state index contributed by atoms with van der Waals surface area (Å²) in [5.74, 6) is -0.219. The number of nitrogens with one attached hydrogen (secondary N) is 1. The number of amides is 1. The maximum Gasteiger partial charge on any atom is 0.252 e. The zero-order chi connectivity index (χ0) is 22.9. The number of hydrogen-bond donors (Lipinski definition) is 1. The predicted molar refractivity (Wildman–Crippen MR) is 125 cm³/mol. The first-order valence-corrected chi connectivity index (χ1v) is 12.8. The van der Waals surface area contributed by atoms with Gasteiger partial charge in [-0.25, -0.2) is 22.4 Å². The molecule has 1 amide bonds. The van der Waals surface area contributed by atoms with Crippen LogP contribution in [0.1, 0.15) is 46.4 Å². The molecule has 8 nitrogen and oxygen atoms in total. The first kappa shape index (κ1) is 23.4. The topological polar surface area (TPSA) is 97.2 Å². The summed E-state index contributed by atoms with van der Waals surface area (Å²) in [5.41, 5.74) is 2.97. The second-order valence-corrected chi connectivity index (χ2v) is 11.5. The van der Waals surface area contributed by atoms with Gasteiger partial charge >= 0.3 is 0 Å². The quantitative estimate of drug-likeness (QED) is 0.517. The third kappa shape index (κ3) is 5.13. The van der Waals surface area contributed by atoms with Crippen molar-refractivity contribution < 1.29 is 13.2 Å². The van der Waals surface area contributed by atoms with Crippen molar-refractivity contribution in [3.05, 3.63) is 33.6 Å². The molecule has 0 aliphatic rings. The van der Waals surface area contributed by atoms with Crippen molar-refractivity contribution in [3.63, 3.8) is 0 Å². The molecule has 0 fully saturated rings. The molecular weight excluding hydrogens is 434 g/mol. The molecule has 0 radical (unpaired) electrons. The molecule has 3 heterocycles. The maximum absolute atomic E-state index is 13.0. The van der Waals surface area contributed by atoms with Crippen molar-refractivity contribution >= 4 is 38.3 Å². The summed E-state index contributed by atoms with van der Waals surface area (Å²) >= 11 is 1.70. The standard InChI is InChI=1S/C21H29N5O3S2/c1-13(2)26-20-18(12-23-26)17(11-19(24-20)16-10-14(3)30-15(16)4)21(27)22-8-7-9-25(5)31(6,28)29/h10-13H,7-9H2,1-6H3,(H,22,27). The Morgan fingerprint density at radius 1 is 1.29 bits per heavy atom. The van der Waals surface area contributed by atoms with Gasteiger partial charge in [-0.2, -0.15) is 5.10 Å². The van der Waals surface area contributed by atoms with Crippen LogP contribution in [-0.4, -0.2) is 59.8 Å². The van der Waals surface area contributed by atoms with Crippen LogP contribution in [0.15, 0.2) is 18.3 Å². The second kappa shape index (κ2) is 9.05. The Morgan fingerprint density at radius 3 is 2.58 bits per heavy atom. The number of carbonyl (C=O) groups is 1. The Bertz CT molecular complexity index is 1210. The Labute approximate surface area is 187 Å². The van der Waals surface area contributed by atoms with Crippen LogP contribution >= 0.6 is 11.3 Å². The van der Waals surface area contributed by atoms with E-state index < -0.39 is 10.0 Å². The Balaban J connectivity index is 1.91. The zero-order valence-corrected chi connectivity index (χ0v) is 20.4. The van der Waals surface area contributed by atoms with E-state index in [0.29, 0.717) is 36.1 Å². The molecule has 168 valence electrons. The van der Waals surface area contributed by atoms with E-state index in [1.165, 1.54) is 22.5 Å². The molecule has 0 saturated carbocycles. The third-order valence-electron chi connectivity index (χ3n) is 5.12.